The summed E-state index contributed by atoms with van der Waals surface area (Å²) in [6.45, 7) is 0. The molecule has 4 aromatic carbocycles. The maximum atomic E-state index is 11.1. The SMILES string of the molecule is COc1ccc(NC(=S)N2N=C(c3ccc4ccccc4c3O)CC2c2ccc(OC)cc2OC)cc1. The first-order valence-corrected chi connectivity index (χ1v) is 12.2. The van der Waals surface area contributed by atoms with Crippen LogP contribution in [-0.2, 0) is 0 Å². The molecule has 0 spiro atoms. The molecule has 0 saturated heterocycles. The van der Waals surface area contributed by atoms with Gasteiger partial charge < -0.3 is 24.6 Å². The highest BCUT2D eigenvalue weighted by atomic mass is 32.1. The van der Waals surface area contributed by atoms with Crippen molar-refractivity contribution in [3.05, 3.63) is 90.0 Å². The molecule has 2 N–H and O–H groups in total. The molecular formula is C29H27N3O4S. The molecule has 1 heterocycles. The summed E-state index contributed by atoms with van der Waals surface area (Å²) < 4.78 is 16.4. The normalized spacial score (nSPS) is 14.8. The second-order valence-electron chi connectivity index (χ2n) is 8.56. The molecule has 1 aliphatic rings. The van der Waals surface area contributed by atoms with Crippen molar-refractivity contribution in [2.24, 2.45) is 5.10 Å². The lowest BCUT2D eigenvalue weighted by molar-refractivity contribution is 0.346. The van der Waals surface area contributed by atoms with Crippen LogP contribution in [0.4, 0.5) is 5.69 Å². The minimum absolute atomic E-state index is 0.202. The minimum atomic E-state index is -0.264. The highest BCUT2D eigenvalue weighted by molar-refractivity contribution is 7.80. The predicted molar refractivity (Wildman–Crippen MR) is 150 cm³/mol. The third-order valence-electron chi connectivity index (χ3n) is 6.47. The molecule has 5 rings (SSSR count). The monoisotopic (exact) mass is 513 g/mol. The lowest BCUT2D eigenvalue weighted by Crippen LogP contribution is -2.31. The number of nitrogens with zero attached hydrogens (tertiary/aromatic N) is 2. The zero-order valence-electron chi connectivity index (χ0n) is 20.8. The summed E-state index contributed by atoms with van der Waals surface area (Å²) >= 11 is 5.82. The van der Waals surface area contributed by atoms with Crippen LogP contribution in [-0.4, -0.2) is 42.3 Å². The molecule has 0 amide bonds. The van der Waals surface area contributed by atoms with E-state index in [2.05, 4.69) is 5.32 Å². The molecule has 188 valence electrons. The summed E-state index contributed by atoms with van der Waals surface area (Å²) in [5.41, 5.74) is 3.11. The van der Waals surface area contributed by atoms with E-state index in [9.17, 15) is 5.11 Å². The third kappa shape index (κ3) is 4.75. The van der Waals surface area contributed by atoms with Crippen LogP contribution >= 0.6 is 12.2 Å². The Morgan fingerprint density at radius 3 is 2.38 bits per heavy atom. The third-order valence-corrected chi connectivity index (χ3v) is 6.76. The van der Waals surface area contributed by atoms with Gasteiger partial charge in [0.25, 0.3) is 0 Å². The van der Waals surface area contributed by atoms with Gasteiger partial charge in [-0.3, -0.25) is 0 Å². The number of thiocarbonyl (C=S) groups is 1. The van der Waals surface area contributed by atoms with Crippen LogP contribution in [0.15, 0.2) is 84.0 Å². The Morgan fingerprint density at radius 1 is 0.919 bits per heavy atom. The smallest absolute Gasteiger partial charge is 0.194 e. The Labute approximate surface area is 220 Å². The molecule has 0 fully saturated rings. The van der Waals surface area contributed by atoms with E-state index in [1.165, 1.54) is 0 Å². The van der Waals surface area contributed by atoms with Gasteiger partial charge in [-0.05, 0) is 60.1 Å². The number of ether oxygens (including phenoxy) is 3. The number of aromatic hydroxyl groups is 1. The molecule has 0 saturated carbocycles. The van der Waals surface area contributed by atoms with Crippen LogP contribution in [0, 0.1) is 0 Å². The standard InChI is InChI=1S/C29H27N3O4S/c1-34-20-11-9-19(10-12-20)30-29(37)32-26(24-15-13-21(35-2)16-27(24)36-3)17-25(31-32)23-14-8-18-6-4-5-7-22(18)28(23)33/h4-16,26,33H,17H2,1-3H3,(H,30,37). The summed E-state index contributed by atoms with van der Waals surface area (Å²) in [5.74, 6) is 2.32. The maximum Gasteiger partial charge on any atom is 0.194 e. The molecule has 1 unspecified atom stereocenters. The van der Waals surface area contributed by atoms with Crippen molar-refractivity contribution in [3.63, 3.8) is 0 Å². The number of benzene rings is 4. The molecule has 0 aliphatic carbocycles. The van der Waals surface area contributed by atoms with Crippen molar-refractivity contribution in [2.75, 3.05) is 26.6 Å². The van der Waals surface area contributed by atoms with Crippen molar-refractivity contribution in [3.8, 4) is 23.0 Å². The van der Waals surface area contributed by atoms with E-state index in [0.29, 0.717) is 28.6 Å². The summed E-state index contributed by atoms with van der Waals surface area (Å²) in [6, 6.07) is 24.6. The average molecular weight is 514 g/mol. The number of phenols is 1. The first-order valence-electron chi connectivity index (χ1n) is 11.8. The molecule has 1 atom stereocenters. The minimum Gasteiger partial charge on any atom is -0.507 e. The molecule has 8 heteroatoms. The van der Waals surface area contributed by atoms with E-state index in [0.717, 1.165) is 33.5 Å². The van der Waals surface area contributed by atoms with Crippen LogP contribution < -0.4 is 19.5 Å². The predicted octanol–water partition coefficient (Wildman–Crippen LogP) is 6.12. The van der Waals surface area contributed by atoms with Gasteiger partial charge in [0.2, 0.25) is 0 Å². The lowest BCUT2D eigenvalue weighted by Gasteiger charge is -2.26. The van der Waals surface area contributed by atoms with E-state index in [1.807, 2.05) is 78.9 Å². The quantitative estimate of drug-likeness (QED) is 0.301. The molecule has 4 aromatic rings. The number of methoxy groups -OCH3 is 3. The highest BCUT2D eigenvalue weighted by Crippen LogP contribution is 2.41. The zero-order valence-corrected chi connectivity index (χ0v) is 21.6. The van der Waals surface area contributed by atoms with E-state index >= 15 is 0 Å². The van der Waals surface area contributed by atoms with E-state index < -0.39 is 0 Å². The molecule has 0 bridgehead atoms. The fourth-order valence-electron chi connectivity index (χ4n) is 4.54. The van der Waals surface area contributed by atoms with Crippen molar-refractivity contribution in [2.45, 2.75) is 12.5 Å². The number of hydrogen-bond donors (Lipinski definition) is 2. The van der Waals surface area contributed by atoms with Gasteiger partial charge in [0.1, 0.15) is 23.0 Å². The Bertz CT molecular complexity index is 1490. The first-order chi connectivity index (χ1) is 18.0. The van der Waals surface area contributed by atoms with Crippen LogP contribution in [0.2, 0.25) is 0 Å². The second kappa shape index (κ2) is 10.4. The summed E-state index contributed by atoms with van der Waals surface area (Å²) in [5, 5.41) is 23.3. The van der Waals surface area contributed by atoms with E-state index in [1.54, 1.807) is 26.3 Å². The fraction of sp³-hybridized carbons (Fsp3) is 0.172. The van der Waals surface area contributed by atoms with Gasteiger partial charge in [-0.15, -0.1) is 0 Å². The van der Waals surface area contributed by atoms with Gasteiger partial charge >= 0.3 is 0 Å². The van der Waals surface area contributed by atoms with Crippen molar-refractivity contribution >= 4 is 39.5 Å². The van der Waals surface area contributed by atoms with E-state index in [4.69, 9.17) is 31.5 Å². The number of phenolic OH excluding ortho intramolecular Hbond substituents is 1. The van der Waals surface area contributed by atoms with Gasteiger partial charge in [-0.2, -0.15) is 5.10 Å². The second-order valence-corrected chi connectivity index (χ2v) is 8.95. The number of hydrazone groups is 1. The lowest BCUT2D eigenvalue weighted by atomic mass is 9.95. The zero-order chi connectivity index (χ0) is 25.9. The van der Waals surface area contributed by atoms with Crippen LogP contribution in [0.5, 0.6) is 23.0 Å². The topological polar surface area (TPSA) is 75.6 Å². The van der Waals surface area contributed by atoms with Crippen LogP contribution in [0.3, 0.4) is 0 Å². The van der Waals surface area contributed by atoms with Gasteiger partial charge in [-0.1, -0.05) is 30.3 Å². The number of nitrogens with one attached hydrogen (secondary N) is 1. The van der Waals surface area contributed by atoms with Crippen molar-refractivity contribution < 1.29 is 19.3 Å². The average Bonchev–Trinajstić information content (AvgIpc) is 3.38. The first kappa shape index (κ1) is 24.4. The van der Waals surface area contributed by atoms with Gasteiger partial charge in [0.05, 0.1) is 33.1 Å². The van der Waals surface area contributed by atoms with Crippen LogP contribution in [0.25, 0.3) is 10.8 Å². The number of hydrogen-bond acceptors (Lipinski definition) is 6. The molecule has 0 aromatic heterocycles. The Hall–Kier alpha value is -4.30. The van der Waals surface area contributed by atoms with Crippen molar-refractivity contribution in [1.29, 1.82) is 0 Å². The number of fused-ring (bicyclic) bond motifs is 1. The molecule has 37 heavy (non-hydrogen) atoms. The Kier molecular flexibility index (Phi) is 6.83. The maximum absolute atomic E-state index is 11.1. The molecule has 7 nitrogen and oxygen atoms in total. The largest absolute Gasteiger partial charge is 0.507 e. The highest BCUT2D eigenvalue weighted by Gasteiger charge is 2.34. The summed E-state index contributed by atoms with van der Waals surface area (Å²) in [7, 11) is 4.87. The Morgan fingerprint density at radius 2 is 1.65 bits per heavy atom. The van der Waals surface area contributed by atoms with Gasteiger partial charge in [-0.25, -0.2) is 5.01 Å². The van der Waals surface area contributed by atoms with Crippen LogP contribution in [0.1, 0.15) is 23.6 Å². The summed E-state index contributed by atoms with van der Waals surface area (Å²) in [6.07, 6.45) is 0.513. The molecule has 1 aliphatic heterocycles. The molecule has 0 radical (unpaired) electrons. The summed E-state index contributed by atoms with van der Waals surface area (Å²) in [4.78, 5) is 0. The van der Waals surface area contributed by atoms with E-state index in [-0.39, 0.29) is 11.8 Å². The molecular weight excluding hydrogens is 486 g/mol. The number of anilines is 1. The fourth-order valence-corrected chi connectivity index (χ4v) is 4.83. The Balaban J connectivity index is 1.54. The van der Waals surface area contributed by atoms with Gasteiger partial charge in [0, 0.05) is 34.7 Å². The van der Waals surface area contributed by atoms with Crippen molar-refractivity contribution in [1.82, 2.24) is 5.01 Å². The van der Waals surface area contributed by atoms with Gasteiger partial charge in [0.15, 0.2) is 5.11 Å². The number of rotatable bonds is 6.